The van der Waals surface area contributed by atoms with Crippen LogP contribution in [-0.4, -0.2) is 52.5 Å². The lowest BCUT2D eigenvalue weighted by molar-refractivity contribution is -0.121. The lowest BCUT2D eigenvalue weighted by atomic mass is 9.78. The molecule has 0 aliphatic carbocycles. The summed E-state index contributed by atoms with van der Waals surface area (Å²) in [5, 5.41) is 0.152. The number of carbonyl (C=O) groups excluding carboxylic acids is 1. The number of nitrogens with zero attached hydrogens (tertiary/aromatic N) is 1. The molecule has 3 rings (SSSR count). The number of piperidine rings is 1. The van der Waals surface area contributed by atoms with E-state index in [1.54, 1.807) is 12.1 Å². The standard InChI is InChI=1S/C22H27ClN2O6S/c1-29-18-12-19(30-2)20(11-17(18)23)32(27,28)25-10-6-9-22(14-25,13-21(24)26)15-31-16-7-4-3-5-8-16/h3-5,7-8,11-12H,6,9-10,13-15H2,1-2H3,(H2,24,26). The van der Waals surface area contributed by atoms with Gasteiger partial charge in [-0.15, -0.1) is 0 Å². The Morgan fingerprint density at radius 3 is 2.47 bits per heavy atom. The van der Waals surface area contributed by atoms with Gasteiger partial charge in [-0.2, -0.15) is 4.31 Å². The van der Waals surface area contributed by atoms with Crippen LogP contribution in [0.25, 0.3) is 0 Å². The van der Waals surface area contributed by atoms with Crippen molar-refractivity contribution in [1.29, 1.82) is 0 Å². The zero-order chi connectivity index (χ0) is 23.4. The summed E-state index contributed by atoms with van der Waals surface area (Å²) in [7, 11) is -1.17. The van der Waals surface area contributed by atoms with Crippen molar-refractivity contribution in [3.8, 4) is 17.2 Å². The van der Waals surface area contributed by atoms with Crippen LogP contribution < -0.4 is 19.9 Å². The normalized spacial score (nSPS) is 19.3. The van der Waals surface area contributed by atoms with Gasteiger partial charge in [-0.05, 0) is 31.0 Å². The highest BCUT2D eigenvalue weighted by Gasteiger charge is 2.43. The SMILES string of the molecule is COc1cc(OC)c(S(=O)(=O)N2CCCC(COc3ccccc3)(CC(N)=O)C2)cc1Cl. The van der Waals surface area contributed by atoms with Crippen LogP contribution in [0.3, 0.4) is 0 Å². The monoisotopic (exact) mass is 482 g/mol. The second-order valence-corrected chi connectivity index (χ2v) is 10.1. The van der Waals surface area contributed by atoms with Crippen molar-refractivity contribution in [2.75, 3.05) is 33.9 Å². The maximum absolute atomic E-state index is 13.6. The van der Waals surface area contributed by atoms with Crippen molar-refractivity contribution in [3.63, 3.8) is 0 Å². The maximum Gasteiger partial charge on any atom is 0.246 e. The molecule has 1 aliphatic heterocycles. The highest BCUT2D eigenvalue weighted by atomic mass is 35.5. The lowest BCUT2D eigenvalue weighted by Crippen LogP contribution is -2.50. The Balaban J connectivity index is 1.92. The number of amides is 1. The Labute approximate surface area is 193 Å². The Bertz CT molecular complexity index is 1060. The van der Waals surface area contributed by atoms with E-state index in [-0.39, 0.29) is 35.2 Å². The molecule has 0 bridgehead atoms. The largest absolute Gasteiger partial charge is 0.495 e. The molecule has 1 saturated heterocycles. The Kier molecular flexibility index (Phi) is 7.53. The fourth-order valence-corrected chi connectivity index (χ4v) is 6.04. The summed E-state index contributed by atoms with van der Waals surface area (Å²) in [5.41, 5.74) is 4.77. The molecule has 1 fully saturated rings. The number of halogens is 1. The molecule has 10 heteroatoms. The van der Waals surface area contributed by atoms with Gasteiger partial charge < -0.3 is 19.9 Å². The van der Waals surface area contributed by atoms with E-state index in [0.717, 1.165) is 0 Å². The highest BCUT2D eigenvalue weighted by Crippen LogP contribution is 2.40. The first-order chi connectivity index (χ1) is 15.2. The van der Waals surface area contributed by atoms with Crippen LogP contribution in [0.15, 0.2) is 47.4 Å². The summed E-state index contributed by atoms with van der Waals surface area (Å²) in [5.74, 6) is 0.559. The number of hydrogen-bond donors (Lipinski definition) is 1. The molecule has 0 aromatic heterocycles. The predicted octanol–water partition coefficient (Wildman–Crippen LogP) is 3.08. The van der Waals surface area contributed by atoms with Crippen LogP contribution in [0.2, 0.25) is 5.02 Å². The summed E-state index contributed by atoms with van der Waals surface area (Å²) in [6, 6.07) is 11.9. The molecule has 1 atom stereocenters. The molecule has 2 aromatic carbocycles. The average Bonchev–Trinajstić information content (AvgIpc) is 2.78. The first-order valence-electron chi connectivity index (χ1n) is 10.1. The van der Waals surface area contributed by atoms with Crippen molar-refractivity contribution >= 4 is 27.5 Å². The molecular weight excluding hydrogens is 456 g/mol. The number of methoxy groups -OCH3 is 2. The van der Waals surface area contributed by atoms with Crippen molar-refractivity contribution < 1.29 is 27.4 Å². The van der Waals surface area contributed by atoms with Crippen molar-refractivity contribution in [2.45, 2.75) is 24.2 Å². The van der Waals surface area contributed by atoms with E-state index < -0.39 is 21.3 Å². The second kappa shape index (κ2) is 9.97. The number of carbonyl (C=O) groups is 1. The zero-order valence-electron chi connectivity index (χ0n) is 18.0. The molecule has 1 unspecified atom stereocenters. The highest BCUT2D eigenvalue weighted by molar-refractivity contribution is 7.89. The summed E-state index contributed by atoms with van der Waals surface area (Å²) in [6.07, 6.45) is 1.17. The number of primary amides is 1. The molecule has 2 aromatic rings. The third kappa shape index (κ3) is 5.28. The topological polar surface area (TPSA) is 108 Å². The molecule has 32 heavy (non-hydrogen) atoms. The Hall–Kier alpha value is -2.49. The fraction of sp³-hybridized carbons (Fsp3) is 0.409. The van der Waals surface area contributed by atoms with Crippen LogP contribution in [0.1, 0.15) is 19.3 Å². The number of para-hydroxylation sites is 1. The van der Waals surface area contributed by atoms with Crippen LogP contribution in [0.4, 0.5) is 0 Å². The van der Waals surface area contributed by atoms with E-state index in [4.69, 9.17) is 31.5 Å². The molecule has 0 saturated carbocycles. The summed E-state index contributed by atoms with van der Waals surface area (Å²) < 4.78 is 44.8. The third-order valence-corrected chi connectivity index (χ3v) is 7.68. The van der Waals surface area contributed by atoms with Crippen LogP contribution in [-0.2, 0) is 14.8 Å². The smallest absolute Gasteiger partial charge is 0.246 e. The molecule has 0 radical (unpaired) electrons. The quantitative estimate of drug-likeness (QED) is 0.588. The number of nitrogens with two attached hydrogens (primary N) is 1. The molecule has 1 aliphatic rings. The molecule has 1 amide bonds. The van der Waals surface area contributed by atoms with E-state index in [1.165, 1.54) is 30.7 Å². The van der Waals surface area contributed by atoms with E-state index in [0.29, 0.717) is 30.9 Å². The number of ether oxygens (including phenoxy) is 3. The second-order valence-electron chi connectivity index (χ2n) is 7.82. The van der Waals surface area contributed by atoms with Gasteiger partial charge in [0.2, 0.25) is 15.9 Å². The fourth-order valence-electron chi connectivity index (χ4n) is 3.98. The van der Waals surface area contributed by atoms with Gasteiger partial charge >= 0.3 is 0 Å². The minimum atomic E-state index is -3.98. The van der Waals surface area contributed by atoms with Crippen LogP contribution >= 0.6 is 11.6 Å². The number of sulfonamides is 1. The summed E-state index contributed by atoms with van der Waals surface area (Å²) in [4.78, 5) is 11.8. The Morgan fingerprint density at radius 1 is 1.16 bits per heavy atom. The first-order valence-corrected chi connectivity index (χ1v) is 11.9. The van der Waals surface area contributed by atoms with Gasteiger partial charge in [-0.3, -0.25) is 4.79 Å². The third-order valence-electron chi connectivity index (χ3n) is 5.52. The molecular formula is C22H27ClN2O6S. The van der Waals surface area contributed by atoms with Gasteiger partial charge in [0.1, 0.15) is 22.1 Å². The van der Waals surface area contributed by atoms with Gasteiger partial charge in [0.25, 0.3) is 0 Å². The Morgan fingerprint density at radius 2 is 1.84 bits per heavy atom. The van der Waals surface area contributed by atoms with Crippen molar-refractivity contribution in [2.24, 2.45) is 11.1 Å². The van der Waals surface area contributed by atoms with Gasteiger partial charge in [-0.1, -0.05) is 29.8 Å². The first kappa shape index (κ1) is 24.2. The molecule has 8 nitrogen and oxygen atoms in total. The van der Waals surface area contributed by atoms with E-state index in [9.17, 15) is 13.2 Å². The average molecular weight is 483 g/mol. The van der Waals surface area contributed by atoms with Crippen molar-refractivity contribution in [1.82, 2.24) is 4.31 Å². The van der Waals surface area contributed by atoms with E-state index >= 15 is 0 Å². The van der Waals surface area contributed by atoms with Crippen LogP contribution in [0.5, 0.6) is 17.2 Å². The van der Waals surface area contributed by atoms with Gasteiger partial charge in [0, 0.05) is 31.0 Å². The van der Waals surface area contributed by atoms with E-state index in [2.05, 4.69) is 0 Å². The zero-order valence-corrected chi connectivity index (χ0v) is 19.6. The molecule has 0 spiro atoms. The minimum absolute atomic E-state index is 0.00631. The lowest BCUT2D eigenvalue weighted by Gasteiger charge is -2.41. The predicted molar refractivity (Wildman–Crippen MR) is 121 cm³/mol. The van der Waals surface area contributed by atoms with E-state index in [1.807, 2.05) is 18.2 Å². The van der Waals surface area contributed by atoms with Gasteiger partial charge in [0.05, 0.1) is 25.8 Å². The van der Waals surface area contributed by atoms with Crippen LogP contribution in [0, 0.1) is 5.41 Å². The molecule has 2 N–H and O–H groups in total. The molecule has 174 valence electrons. The summed E-state index contributed by atoms with van der Waals surface area (Å²) in [6.45, 7) is 0.533. The van der Waals surface area contributed by atoms with Gasteiger partial charge in [0.15, 0.2) is 0 Å². The number of hydrogen-bond acceptors (Lipinski definition) is 6. The number of benzene rings is 2. The summed E-state index contributed by atoms with van der Waals surface area (Å²) >= 11 is 6.20. The van der Waals surface area contributed by atoms with Gasteiger partial charge in [-0.25, -0.2) is 8.42 Å². The van der Waals surface area contributed by atoms with Crippen molar-refractivity contribution in [3.05, 3.63) is 47.5 Å². The minimum Gasteiger partial charge on any atom is -0.495 e. The number of rotatable bonds is 9. The maximum atomic E-state index is 13.6. The molecule has 1 heterocycles.